The molecule has 4 rings (SSSR count). The van der Waals surface area contributed by atoms with E-state index in [4.69, 9.17) is 0 Å². The Kier molecular flexibility index (Phi) is 7.34. The van der Waals surface area contributed by atoms with E-state index in [1.165, 1.54) is 46.8 Å². The molecule has 3 aromatic carbocycles. The maximum Gasteiger partial charge on any atom is 0.261 e. The van der Waals surface area contributed by atoms with Crippen molar-refractivity contribution in [1.29, 1.82) is 0 Å². The van der Waals surface area contributed by atoms with Crippen LogP contribution in [0.5, 0.6) is 5.75 Å². The summed E-state index contributed by atoms with van der Waals surface area (Å²) in [5.74, 6) is -0.921. The first-order chi connectivity index (χ1) is 17.1. The van der Waals surface area contributed by atoms with Gasteiger partial charge in [0.2, 0.25) is 10.0 Å². The molecule has 0 aliphatic carbocycles. The highest BCUT2D eigenvalue weighted by atomic mass is 32.2. The molecule has 0 atom stereocenters. The summed E-state index contributed by atoms with van der Waals surface area (Å²) in [5.41, 5.74) is 1.48. The molecule has 1 heterocycles. The minimum atomic E-state index is -3.86. The molecule has 0 spiro atoms. The quantitative estimate of drug-likeness (QED) is 0.397. The molecule has 0 aromatic heterocycles. The number of rotatable bonds is 7. The molecule has 1 fully saturated rings. The number of nitrogens with one attached hydrogen (secondary N) is 2. The van der Waals surface area contributed by atoms with E-state index in [1.54, 1.807) is 24.3 Å². The average molecular weight is 530 g/mol. The number of hydrogen-bond acceptors (Lipinski definition) is 6. The van der Waals surface area contributed by atoms with E-state index in [0.717, 1.165) is 24.8 Å². The van der Waals surface area contributed by atoms with E-state index in [0.29, 0.717) is 18.8 Å². The topological polar surface area (TPSA) is 133 Å². The third kappa shape index (κ3) is 5.69. The van der Waals surface area contributed by atoms with Gasteiger partial charge >= 0.3 is 0 Å². The molecule has 1 amide bonds. The maximum absolute atomic E-state index is 13.0. The highest BCUT2D eigenvalue weighted by Crippen LogP contribution is 2.29. The zero-order valence-corrected chi connectivity index (χ0v) is 21.3. The van der Waals surface area contributed by atoms with Gasteiger partial charge in [-0.25, -0.2) is 16.8 Å². The number of nitrogens with zero attached hydrogens (tertiary/aromatic N) is 1. The molecule has 0 bridgehead atoms. The van der Waals surface area contributed by atoms with Gasteiger partial charge in [0, 0.05) is 24.3 Å². The Bertz CT molecular complexity index is 1460. The van der Waals surface area contributed by atoms with Crippen LogP contribution in [-0.2, 0) is 20.0 Å². The number of piperidine rings is 1. The molecule has 3 aromatic rings. The van der Waals surface area contributed by atoms with Crippen molar-refractivity contribution >= 4 is 37.3 Å². The van der Waals surface area contributed by atoms with Gasteiger partial charge < -0.3 is 10.4 Å². The summed E-state index contributed by atoms with van der Waals surface area (Å²) in [4.78, 5) is 12.7. The van der Waals surface area contributed by atoms with Gasteiger partial charge in [0.25, 0.3) is 15.9 Å². The van der Waals surface area contributed by atoms with Crippen molar-refractivity contribution < 1.29 is 26.7 Å². The molecule has 0 saturated carbocycles. The Morgan fingerprint density at radius 3 is 2.08 bits per heavy atom. The van der Waals surface area contributed by atoms with E-state index >= 15 is 0 Å². The highest BCUT2D eigenvalue weighted by molar-refractivity contribution is 7.92. The first-order valence-electron chi connectivity index (χ1n) is 11.4. The number of carbonyl (C=O) groups excluding carboxylic acids is 1. The number of phenolic OH excluding ortho intramolecular Hbond substituents is 1. The van der Waals surface area contributed by atoms with Gasteiger partial charge in [0.05, 0.1) is 15.5 Å². The first-order valence-corrected chi connectivity index (χ1v) is 14.3. The van der Waals surface area contributed by atoms with Crippen molar-refractivity contribution in [3.05, 3.63) is 77.9 Å². The summed E-state index contributed by atoms with van der Waals surface area (Å²) < 4.78 is 55.1. The van der Waals surface area contributed by atoms with Crippen LogP contribution in [0.4, 0.5) is 11.4 Å². The fourth-order valence-corrected chi connectivity index (χ4v) is 6.45. The number of sulfonamides is 2. The van der Waals surface area contributed by atoms with Gasteiger partial charge in [-0.05, 0) is 74.4 Å². The summed E-state index contributed by atoms with van der Waals surface area (Å²) in [6.07, 6.45) is 2.55. The van der Waals surface area contributed by atoms with E-state index in [1.807, 2.05) is 6.92 Å². The van der Waals surface area contributed by atoms with Crippen LogP contribution in [0.25, 0.3) is 0 Å². The number of aromatic hydroxyl groups is 1. The van der Waals surface area contributed by atoms with Crippen molar-refractivity contribution in [3.8, 4) is 5.75 Å². The van der Waals surface area contributed by atoms with Gasteiger partial charge in [0.1, 0.15) is 5.75 Å². The number of amides is 1. The lowest BCUT2D eigenvalue weighted by atomic mass is 10.2. The third-order valence-corrected chi connectivity index (χ3v) is 9.19. The van der Waals surface area contributed by atoms with Crippen LogP contribution < -0.4 is 10.0 Å². The number of anilines is 2. The SMILES string of the molecule is Cc1ccc(NS(=O)(=O)c2ccc(C(=O)Nc3cc(S(=O)(=O)N4CCCCC4)ccc3O)cc2)cc1. The molecule has 0 radical (unpaired) electrons. The van der Waals surface area contributed by atoms with Crippen molar-refractivity contribution in [2.75, 3.05) is 23.1 Å². The van der Waals surface area contributed by atoms with Crippen molar-refractivity contribution in [2.24, 2.45) is 0 Å². The lowest BCUT2D eigenvalue weighted by Gasteiger charge is -2.26. The van der Waals surface area contributed by atoms with Gasteiger partial charge in [-0.1, -0.05) is 24.1 Å². The number of aryl methyl sites for hydroxylation is 1. The minimum Gasteiger partial charge on any atom is -0.506 e. The van der Waals surface area contributed by atoms with E-state index in [-0.39, 0.29) is 26.8 Å². The summed E-state index contributed by atoms with van der Waals surface area (Å²) >= 11 is 0. The van der Waals surface area contributed by atoms with E-state index in [9.17, 15) is 26.7 Å². The molecule has 11 heteroatoms. The van der Waals surface area contributed by atoms with Gasteiger partial charge in [-0.15, -0.1) is 0 Å². The molecular weight excluding hydrogens is 502 g/mol. The second kappa shape index (κ2) is 10.3. The molecule has 1 saturated heterocycles. The van der Waals surface area contributed by atoms with Gasteiger partial charge in [0.15, 0.2) is 0 Å². The largest absolute Gasteiger partial charge is 0.506 e. The van der Waals surface area contributed by atoms with E-state index in [2.05, 4.69) is 10.0 Å². The number of benzene rings is 3. The summed E-state index contributed by atoms with van der Waals surface area (Å²) in [7, 11) is -7.61. The number of phenols is 1. The number of hydrogen-bond donors (Lipinski definition) is 3. The lowest BCUT2D eigenvalue weighted by Crippen LogP contribution is -2.35. The van der Waals surface area contributed by atoms with Crippen LogP contribution in [0.2, 0.25) is 0 Å². The second-order valence-electron chi connectivity index (χ2n) is 8.59. The molecule has 1 aliphatic rings. The van der Waals surface area contributed by atoms with Crippen LogP contribution in [0.1, 0.15) is 35.2 Å². The van der Waals surface area contributed by atoms with Crippen molar-refractivity contribution in [1.82, 2.24) is 4.31 Å². The fraction of sp³-hybridized carbons (Fsp3) is 0.240. The molecule has 9 nitrogen and oxygen atoms in total. The van der Waals surface area contributed by atoms with Crippen LogP contribution in [0.15, 0.2) is 76.5 Å². The van der Waals surface area contributed by atoms with Crippen LogP contribution in [0, 0.1) is 6.92 Å². The highest BCUT2D eigenvalue weighted by Gasteiger charge is 2.27. The molecule has 36 heavy (non-hydrogen) atoms. The fourth-order valence-electron chi connectivity index (χ4n) is 3.85. The van der Waals surface area contributed by atoms with Crippen LogP contribution in [0.3, 0.4) is 0 Å². The van der Waals surface area contributed by atoms with Crippen molar-refractivity contribution in [2.45, 2.75) is 36.0 Å². The van der Waals surface area contributed by atoms with Gasteiger partial charge in [-0.3, -0.25) is 9.52 Å². The first kappa shape index (κ1) is 25.7. The Labute approximate surface area is 210 Å². The summed E-state index contributed by atoms with van der Waals surface area (Å²) in [6.45, 7) is 2.75. The minimum absolute atomic E-state index is 0.0267. The standard InChI is InChI=1S/C25H27N3O6S2/c1-18-5-9-20(10-6-18)27-35(31,32)21-11-7-19(8-12-21)25(30)26-23-17-22(13-14-24(23)29)36(33,34)28-15-3-2-4-16-28/h5-14,17,27,29H,2-4,15-16H2,1H3,(H,26,30). The van der Waals surface area contributed by atoms with Crippen LogP contribution >= 0.6 is 0 Å². The third-order valence-electron chi connectivity index (χ3n) is 5.90. The predicted octanol–water partition coefficient (Wildman–Crippen LogP) is 3.93. The molecule has 1 aliphatic heterocycles. The molecule has 0 unspecified atom stereocenters. The monoisotopic (exact) mass is 529 g/mol. The maximum atomic E-state index is 13.0. The Morgan fingerprint density at radius 2 is 1.44 bits per heavy atom. The normalized spacial score (nSPS) is 14.8. The molecule has 3 N–H and O–H groups in total. The molecule has 190 valence electrons. The predicted molar refractivity (Wildman–Crippen MR) is 137 cm³/mol. The lowest BCUT2D eigenvalue weighted by molar-refractivity contribution is 0.102. The number of carbonyl (C=O) groups is 1. The summed E-state index contributed by atoms with van der Waals surface area (Å²) in [6, 6.07) is 15.9. The van der Waals surface area contributed by atoms with Crippen molar-refractivity contribution in [3.63, 3.8) is 0 Å². The zero-order chi connectivity index (χ0) is 25.9. The zero-order valence-electron chi connectivity index (χ0n) is 19.6. The van der Waals surface area contributed by atoms with Crippen LogP contribution in [-0.4, -0.2) is 45.2 Å². The Balaban J connectivity index is 1.49. The Morgan fingerprint density at radius 1 is 0.833 bits per heavy atom. The molecular formula is C25H27N3O6S2. The van der Waals surface area contributed by atoms with Gasteiger partial charge in [-0.2, -0.15) is 4.31 Å². The van der Waals surface area contributed by atoms with E-state index < -0.39 is 26.0 Å². The second-order valence-corrected chi connectivity index (χ2v) is 12.2. The Hall–Kier alpha value is -3.41. The summed E-state index contributed by atoms with van der Waals surface area (Å²) in [5, 5.41) is 12.7. The smallest absolute Gasteiger partial charge is 0.261 e. The average Bonchev–Trinajstić information content (AvgIpc) is 2.87.